The van der Waals surface area contributed by atoms with Gasteiger partial charge >= 0.3 is 12.1 Å². The molecule has 0 spiro atoms. The Bertz CT molecular complexity index is 490. The molecule has 0 atom stereocenters. The lowest BCUT2D eigenvalue weighted by Crippen LogP contribution is -2.14. The van der Waals surface area contributed by atoms with Gasteiger partial charge in [0, 0.05) is 5.41 Å². The number of hydrogen-bond acceptors (Lipinski definition) is 2. The second-order valence-corrected chi connectivity index (χ2v) is 4.58. The van der Waals surface area contributed by atoms with Crippen LogP contribution in [0.4, 0.5) is 13.2 Å². The van der Waals surface area contributed by atoms with Crippen molar-refractivity contribution in [2.45, 2.75) is 30.9 Å². The van der Waals surface area contributed by atoms with Gasteiger partial charge in [-0.2, -0.15) is 13.2 Å². The number of phenols is 1. The van der Waals surface area contributed by atoms with E-state index in [1.807, 2.05) is 0 Å². The van der Waals surface area contributed by atoms with Gasteiger partial charge in [0.1, 0.15) is 5.75 Å². The first-order valence-electron chi connectivity index (χ1n) is 5.37. The van der Waals surface area contributed by atoms with Crippen LogP contribution in [0.3, 0.4) is 0 Å². The predicted molar refractivity (Wildman–Crippen MR) is 56.3 cm³/mol. The van der Waals surface area contributed by atoms with E-state index >= 15 is 0 Å². The molecule has 1 aliphatic rings. The maximum absolute atomic E-state index is 12.6. The fourth-order valence-corrected chi connectivity index (χ4v) is 2.10. The third kappa shape index (κ3) is 2.27. The molecule has 0 amide bonds. The summed E-state index contributed by atoms with van der Waals surface area (Å²) in [7, 11) is 0. The first kappa shape index (κ1) is 12.7. The Balaban J connectivity index is 2.39. The van der Waals surface area contributed by atoms with Crippen LogP contribution >= 0.6 is 0 Å². The molecule has 0 radical (unpaired) electrons. The minimum Gasteiger partial charge on any atom is -0.507 e. The first-order valence-corrected chi connectivity index (χ1v) is 5.37. The van der Waals surface area contributed by atoms with E-state index in [2.05, 4.69) is 0 Å². The van der Waals surface area contributed by atoms with Crippen molar-refractivity contribution in [1.82, 2.24) is 0 Å². The normalized spacial score (nSPS) is 17.5. The van der Waals surface area contributed by atoms with Gasteiger partial charge in [-0.25, -0.2) is 0 Å². The Morgan fingerprint density at radius 3 is 2.39 bits per heavy atom. The van der Waals surface area contributed by atoms with E-state index in [9.17, 15) is 23.1 Å². The fourth-order valence-electron chi connectivity index (χ4n) is 2.10. The highest BCUT2D eigenvalue weighted by Crippen LogP contribution is 2.52. The summed E-state index contributed by atoms with van der Waals surface area (Å²) in [6.07, 6.45) is -3.71. The molecule has 0 saturated heterocycles. The Morgan fingerprint density at radius 2 is 1.94 bits per heavy atom. The molecule has 2 N–H and O–H groups in total. The van der Waals surface area contributed by atoms with E-state index in [0.717, 1.165) is 12.1 Å². The lowest BCUT2D eigenvalue weighted by atomic mass is 9.91. The number of hydrogen-bond donors (Lipinski definition) is 2. The van der Waals surface area contributed by atoms with Crippen molar-refractivity contribution in [3.63, 3.8) is 0 Å². The average molecular weight is 260 g/mol. The molecular weight excluding hydrogens is 249 g/mol. The van der Waals surface area contributed by atoms with E-state index in [1.54, 1.807) is 0 Å². The van der Waals surface area contributed by atoms with Crippen molar-refractivity contribution in [3.8, 4) is 5.75 Å². The molecule has 98 valence electrons. The maximum Gasteiger partial charge on any atom is 0.419 e. The topological polar surface area (TPSA) is 57.5 Å². The van der Waals surface area contributed by atoms with Crippen molar-refractivity contribution in [3.05, 3.63) is 29.3 Å². The highest BCUT2D eigenvalue weighted by molar-refractivity contribution is 5.70. The Hall–Kier alpha value is -1.72. The molecule has 6 heteroatoms. The molecule has 0 unspecified atom stereocenters. The van der Waals surface area contributed by atoms with Crippen LogP contribution in [0.5, 0.6) is 5.75 Å². The molecule has 18 heavy (non-hydrogen) atoms. The van der Waals surface area contributed by atoms with Crippen LogP contribution in [0.25, 0.3) is 0 Å². The maximum atomic E-state index is 12.6. The van der Waals surface area contributed by atoms with Crippen molar-refractivity contribution in [2.24, 2.45) is 0 Å². The van der Waals surface area contributed by atoms with Gasteiger partial charge in [0.15, 0.2) is 0 Å². The number of rotatable bonds is 3. The number of phenolic OH excluding ortho intramolecular Hbond substituents is 1. The minimum atomic E-state index is -4.64. The summed E-state index contributed by atoms with van der Waals surface area (Å²) < 4.78 is 37.9. The van der Waals surface area contributed by atoms with Crippen molar-refractivity contribution < 1.29 is 28.2 Å². The molecule has 2 rings (SSSR count). The number of alkyl halides is 3. The van der Waals surface area contributed by atoms with Gasteiger partial charge in [-0.1, -0.05) is 6.07 Å². The zero-order valence-electron chi connectivity index (χ0n) is 9.29. The molecule has 0 aliphatic heterocycles. The number of halogens is 3. The lowest BCUT2D eigenvalue weighted by molar-refractivity contribution is -0.139. The highest BCUT2D eigenvalue weighted by Gasteiger charge is 2.47. The van der Waals surface area contributed by atoms with Crippen molar-refractivity contribution >= 4 is 5.97 Å². The zero-order valence-corrected chi connectivity index (χ0v) is 9.29. The predicted octanol–water partition coefficient (Wildman–Crippen LogP) is 2.92. The quantitative estimate of drug-likeness (QED) is 0.878. The molecule has 1 saturated carbocycles. The third-order valence-electron chi connectivity index (χ3n) is 3.26. The van der Waals surface area contributed by atoms with E-state index in [1.165, 1.54) is 6.07 Å². The van der Waals surface area contributed by atoms with Crippen LogP contribution in [0.15, 0.2) is 18.2 Å². The number of carboxylic acid groups (broad SMARTS) is 1. The summed E-state index contributed by atoms with van der Waals surface area (Å²) in [5.74, 6) is -1.87. The van der Waals surface area contributed by atoms with E-state index in [0.29, 0.717) is 18.4 Å². The monoisotopic (exact) mass is 260 g/mol. The van der Waals surface area contributed by atoms with E-state index in [-0.39, 0.29) is 6.42 Å². The Labute approximate surface area is 101 Å². The van der Waals surface area contributed by atoms with Crippen LogP contribution in [0.2, 0.25) is 0 Å². The van der Waals surface area contributed by atoms with E-state index in [4.69, 9.17) is 5.11 Å². The van der Waals surface area contributed by atoms with Gasteiger partial charge in [0.2, 0.25) is 0 Å². The standard InChI is InChI=1S/C12H11F3O3/c13-12(14,15)8-5-7(1-2-9(8)16)11(3-4-11)6-10(17)18/h1-2,5,16H,3-4,6H2,(H,17,18). The molecule has 1 fully saturated rings. The van der Waals surface area contributed by atoms with Crippen LogP contribution in [-0.2, 0) is 16.4 Å². The van der Waals surface area contributed by atoms with Crippen LogP contribution in [0.1, 0.15) is 30.4 Å². The molecule has 0 heterocycles. The van der Waals surface area contributed by atoms with Crippen LogP contribution in [0, 0.1) is 0 Å². The van der Waals surface area contributed by atoms with Gasteiger partial charge < -0.3 is 10.2 Å². The number of benzene rings is 1. The SMILES string of the molecule is O=C(O)CC1(c2ccc(O)c(C(F)(F)F)c2)CC1. The number of aromatic hydroxyl groups is 1. The molecule has 3 nitrogen and oxygen atoms in total. The van der Waals surface area contributed by atoms with Crippen LogP contribution in [-0.4, -0.2) is 16.2 Å². The van der Waals surface area contributed by atoms with Gasteiger partial charge in [0.05, 0.1) is 12.0 Å². The zero-order chi connectivity index (χ0) is 13.6. The van der Waals surface area contributed by atoms with Gasteiger partial charge in [-0.3, -0.25) is 4.79 Å². The number of aliphatic carboxylic acids is 1. The molecule has 0 bridgehead atoms. The van der Waals surface area contributed by atoms with Gasteiger partial charge in [-0.05, 0) is 30.5 Å². The van der Waals surface area contributed by atoms with Gasteiger partial charge in [0.25, 0.3) is 0 Å². The summed E-state index contributed by atoms with van der Waals surface area (Å²) in [6, 6.07) is 3.19. The van der Waals surface area contributed by atoms with Crippen LogP contribution < -0.4 is 0 Å². The molecule has 0 aromatic heterocycles. The molecule has 1 aromatic carbocycles. The van der Waals surface area contributed by atoms with Gasteiger partial charge in [-0.15, -0.1) is 0 Å². The summed E-state index contributed by atoms with van der Waals surface area (Å²) >= 11 is 0. The minimum absolute atomic E-state index is 0.185. The largest absolute Gasteiger partial charge is 0.507 e. The highest BCUT2D eigenvalue weighted by atomic mass is 19.4. The lowest BCUT2D eigenvalue weighted by Gasteiger charge is -2.16. The van der Waals surface area contributed by atoms with E-state index < -0.39 is 28.9 Å². The second-order valence-electron chi connectivity index (χ2n) is 4.58. The summed E-state index contributed by atoms with van der Waals surface area (Å²) in [6.45, 7) is 0. The summed E-state index contributed by atoms with van der Waals surface area (Å²) in [5.41, 5.74) is -1.48. The first-order chi connectivity index (χ1) is 8.24. The number of carboxylic acids is 1. The number of carbonyl (C=O) groups is 1. The van der Waals surface area contributed by atoms with Crippen molar-refractivity contribution in [2.75, 3.05) is 0 Å². The smallest absolute Gasteiger partial charge is 0.419 e. The Morgan fingerprint density at radius 1 is 1.33 bits per heavy atom. The Kier molecular flexibility index (Phi) is 2.76. The second kappa shape index (κ2) is 3.90. The van der Waals surface area contributed by atoms with Crippen molar-refractivity contribution in [1.29, 1.82) is 0 Å². The summed E-state index contributed by atoms with van der Waals surface area (Å²) in [5, 5.41) is 18.0. The summed E-state index contributed by atoms with van der Waals surface area (Å²) in [4.78, 5) is 10.7. The average Bonchev–Trinajstić information content (AvgIpc) is 2.96. The molecule has 1 aliphatic carbocycles. The third-order valence-corrected chi connectivity index (χ3v) is 3.26. The fraction of sp³-hybridized carbons (Fsp3) is 0.417. The molecular formula is C12H11F3O3. The molecule has 1 aromatic rings.